The molecule has 0 atom stereocenters. The van der Waals surface area contributed by atoms with Gasteiger partial charge < -0.3 is 5.32 Å². The Morgan fingerprint density at radius 1 is 1.00 bits per heavy atom. The highest BCUT2D eigenvalue weighted by atomic mass is 35.5. The minimum Gasteiger partial charge on any atom is -0.310 e. The molecule has 3 aromatic rings. The summed E-state index contributed by atoms with van der Waals surface area (Å²) in [5.41, 5.74) is 0.966. The predicted molar refractivity (Wildman–Crippen MR) is 85.5 cm³/mol. The van der Waals surface area contributed by atoms with Gasteiger partial charge in [0.05, 0.1) is 6.42 Å². The third-order valence-electron chi connectivity index (χ3n) is 3.16. The lowest BCUT2D eigenvalue weighted by molar-refractivity contribution is -0.115. The number of benzene rings is 2. The van der Waals surface area contributed by atoms with Crippen molar-refractivity contribution in [3.63, 3.8) is 0 Å². The SMILES string of the molecule is O=C(Cc1ccc2ccccc2c1)Nc1cccc(Cl)n1. The van der Waals surface area contributed by atoms with Crippen LogP contribution in [-0.2, 0) is 11.2 Å². The second-order valence-corrected chi connectivity index (χ2v) is 5.14. The molecule has 104 valence electrons. The van der Waals surface area contributed by atoms with Gasteiger partial charge in [-0.25, -0.2) is 4.98 Å². The maximum absolute atomic E-state index is 12.0. The van der Waals surface area contributed by atoms with Crippen LogP contribution in [0.5, 0.6) is 0 Å². The van der Waals surface area contributed by atoms with E-state index in [0.717, 1.165) is 16.3 Å². The van der Waals surface area contributed by atoms with Gasteiger partial charge in [-0.1, -0.05) is 60.1 Å². The molecule has 0 aliphatic rings. The lowest BCUT2D eigenvalue weighted by Gasteiger charge is -2.06. The second kappa shape index (κ2) is 5.94. The number of halogens is 1. The first-order chi connectivity index (χ1) is 10.2. The molecule has 0 radical (unpaired) electrons. The first kappa shape index (κ1) is 13.6. The smallest absolute Gasteiger partial charge is 0.229 e. The molecule has 1 aromatic heterocycles. The van der Waals surface area contributed by atoms with Crippen LogP contribution in [0.25, 0.3) is 10.8 Å². The molecule has 1 heterocycles. The van der Waals surface area contributed by atoms with Crippen molar-refractivity contribution in [2.24, 2.45) is 0 Å². The fraction of sp³-hybridized carbons (Fsp3) is 0.0588. The van der Waals surface area contributed by atoms with Crippen LogP contribution >= 0.6 is 11.6 Å². The van der Waals surface area contributed by atoms with E-state index < -0.39 is 0 Å². The number of nitrogens with zero attached hydrogens (tertiary/aromatic N) is 1. The van der Waals surface area contributed by atoms with E-state index in [1.165, 1.54) is 0 Å². The van der Waals surface area contributed by atoms with Crippen LogP contribution in [0.1, 0.15) is 5.56 Å². The van der Waals surface area contributed by atoms with E-state index in [1.54, 1.807) is 18.2 Å². The fourth-order valence-corrected chi connectivity index (χ4v) is 2.36. The Morgan fingerprint density at radius 2 is 1.81 bits per heavy atom. The van der Waals surface area contributed by atoms with Crippen molar-refractivity contribution in [2.45, 2.75) is 6.42 Å². The van der Waals surface area contributed by atoms with Gasteiger partial charge in [0.1, 0.15) is 11.0 Å². The Kier molecular flexibility index (Phi) is 3.84. The Balaban J connectivity index is 1.74. The summed E-state index contributed by atoms with van der Waals surface area (Å²) in [5, 5.41) is 5.40. The van der Waals surface area contributed by atoms with Gasteiger partial charge >= 0.3 is 0 Å². The van der Waals surface area contributed by atoms with Crippen molar-refractivity contribution in [1.82, 2.24) is 4.98 Å². The summed E-state index contributed by atoms with van der Waals surface area (Å²) in [6, 6.07) is 19.2. The van der Waals surface area contributed by atoms with E-state index >= 15 is 0 Å². The predicted octanol–water partition coefficient (Wildman–Crippen LogP) is 4.07. The topological polar surface area (TPSA) is 42.0 Å². The molecule has 0 saturated heterocycles. The van der Waals surface area contributed by atoms with Crippen molar-refractivity contribution < 1.29 is 4.79 Å². The van der Waals surface area contributed by atoms with E-state index in [2.05, 4.69) is 16.4 Å². The van der Waals surface area contributed by atoms with Gasteiger partial charge in [0.15, 0.2) is 0 Å². The van der Waals surface area contributed by atoms with Crippen molar-refractivity contribution in [3.05, 3.63) is 71.4 Å². The van der Waals surface area contributed by atoms with Crippen LogP contribution in [0.15, 0.2) is 60.7 Å². The molecule has 1 amide bonds. The van der Waals surface area contributed by atoms with Crippen LogP contribution in [0, 0.1) is 0 Å². The van der Waals surface area contributed by atoms with Crippen molar-refractivity contribution >= 4 is 34.1 Å². The van der Waals surface area contributed by atoms with Crippen LogP contribution in [0.4, 0.5) is 5.82 Å². The van der Waals surface area contributed by atoms with E-state index in [-0.39, 0.29) is 5.91 Å². The summed E-state index contributed by atoms with van der Waals surface area (Å²) in [6.07, 6.45) is 0.305. The molecule has 2 aromatic carbocycles. The maximum Gasteiger partial charge on any atom is 0.229 e. The number of fused-ring (bicyclic) bond motifs is 1. The molecule has 21 heavy (non-hydrogen) atoms. The van der Waals surface area contributed by atoms with Gasteiger partial charge in [-0.15, -0.1) is 0 Å². The number of carbonyl (C=O) groups excluding carboxylic acids is 1. The number of carbonyl (C=O) groups is 1. The van der Waals surface area contributed by atoms with Gasteiger partial charge in [-0.2, -0.15) is 0 Å². The highest BCUT2D eigenvalue weighted by molar-refractivity contribution is 6.29. The monoisotopic (exact) mass is 296 g/mol. The number of rotatable bonds is 3. The average Bonchev–Trinajstić information content (AvgIpc) is 2.47. The second-order valence-electron chi connectivity index (χ2n) is 4.75. The highest BCUT2D eigenvalue weighted by Crippen LogP contribution is 2.16. The molecule has 0 aliphatic heterocycles. The molecular formula is C17H13ClN2O. The van der Waals surface area contributed by atoms with Gasteiger partial charge in [-0.3, -0.25) is 4.79 Å². The van der Waals surface area contributed by atoms with Crippen LogP contribution in [-0.4, -0.2) is 10.9 Å². The van der Waals surface area contributed by atoms with E-state index in [4.69, 9.17) is 11.6 Å². The lowest BCUT2D eigenvalue weighted by atomic mass is 10.1. The number of aromatic nitrogens is 1. The zero-order chi connectivity index (χ0) is 14.7. The molecule has 3 rings (SSSR count). The summed E-state index contributed by atoms with van der Waals surface area (Å²) in [6.45, 7) is 0. The zero-order valence-corrected chi connectivity index (χ0v) is 12.0. The normalized spacial score (nSPS) is 10.5. The first-order valence-corrected chi connectivity index (χ1v) is 6.98. The molecule has 0 fully saturated rings. The number of amides is 1. The third-order valence-corrected chi connectivity index (χ3v) is 3.37. The van der Waals surface area contributed by atoms with Gasteiger partial charge in [0.2, 0.25) is 5.91 Å². The van der Waals surface area contributed by atoms with Crippen molar-refractivity contribution in [3.8, 4) is 0 Å². The average molecular weight is 297 g/mol. The van der Waals surface area contributed by atoms with E-state index in [9.17, 15) is 4.79 Å². The van der Waals surface area contributed by atoms with Crippen molar-refractivity contribution in [1.29, 1.82) is 0 Å². The Labute approximate surface area is 127 Å². The van der Waals surface area contributed by atoms with Crippen LogP contribution in [0.3, 0.4) is 0 Å². The number of hydrogen-bond acceptors (Lipinski definition) is 2. The summed E-state index contributed by atoms with van der Waals surface area (Å²) < 4.78 is 0. The molecule has 0 unspecified atom stereocenters. The molecule has 0 bridgehead atoms. The maximum atomic E-state index is 12.0. The number of anilines is 1. The van der Waals surface area contributed by atoms with Gasteiger partial charge in [0.25, 0.3) is 0 Å². The molecule has 3 nitrogen and oxygen atoms in total. The fourth-order valence-electron chi connectivity index (χ4n) is 2.20. The largest absolute Gasteiger partial charge is 0.310 e. The number of nitrogens with one attached hydrogen (secondary N) is 1. The van der Waals surface area contributed by atoms with Crippen LogP contribution < -0.4 is 5.32 Å². The molecule has 0 spiro atoms. The quantitative estimate of drug-likeness (QED) is 0.740. The molecule has 4 heteroatoms. The minimum atomic E-state index is -0.111. The summed E-state index contributed by atoms with van der Waals surface area (Å²) in [5.74, 6) is 0.355. The van der Waals surface area contributed by atoms with Gasteiger partial charge in [-0.05, 0) is 28.5 Å². The summed E-state index contributed by atoms with van der Waals surface area (Å²) in [7, 11) is 0. The Morgan fingerprint density at radius 3 is 2.62 bits per heavy atom. The van der Waals surface area contributed by atoms with Crippen molar-refractivity contribution in [2.75, 3.05) is 5.32 Å². The van der Waals surface area contributed by atoms with Crippen LogP contribution in [0.2, 0.25) is 5.15 Å². The molecule has 1 N–H and O–H groups in total. The summed E-state index contributed by atoms with van der Waals surface area (Å²) in [4.78, 5) is 16.1. The molecular weight excluding hydrogens is 284 g/mol. The molecule has 0 saturated carbocycles. The van der Waals surface area contributed by atoms with E-state index in [1.807, 2.05) is 36.4 Å². The first-order valence-electron chi connectivity index (χ1n) is 6.61. The minimum absolute atomic E-state index is 0.111. The van der Waals surface area contributed by atoms with E-state index in [0.29, 0.717) is 17.4 Å². The van der Waals surface area contributed by atoms with Gasteiger partial charge in [0, 0.05) is 0 Å². The molecule has 0 aliphatic carbocycles. The zero-order valence-electron chi connectivity index (χ0n) is 11.2. The standard InChI is InChI=1S/C17H13ClN2O/c18-15-6-3-7-16(19-15)20-17(21)11-12-8-9-13-4-1-2-5-14(13)10-12/h1-10H,11H2,(H,19,20,21). The lowest BCUT2D eigenvalue weighted by Crippen LogP contribution is -2.15. The highest BCUT2D eigenvalue weighted by Gasteiger charge is 2.06. The Hall–Kier alpha value is -2.39. The Bertz CT molecular complexity index is 801. The number of hydrogen-bond donors (Lipinski definition) is 1. The third kappa shape index (κ3) is 3.38. The number of pyridine rings is 1. The summed E-state index contributed by atoms with van der Waals surface area (Å²) >= 11 is 5.79.